The van der Waals surface area contributed by atoms with Gasteiger partial charge in [-0.3, -0.25) is 9.63 Å². The lowest BCUT2D eigenvalue weighted by molar-refractivity contribution is -0.168. The molecule has 1 aliphatic heterocycles. The fraction of sp³-hybridized carbons (Fsp3) is 0.682. The van der Waals surface area contributed by atoms with Gasteiger partial charge in [-0.15, -0.1) is 23.5 Å². The van der Waals surface area contributed by atoms with E-state index in [1.807, 2.05) is 23.5 Å². The number of nitrogens with zero attached hydrogens (tertiary/aromatic N) is 1. The van der Waals surface area contributed by atoms with Crippen LogP contribution in [-0.2, 0) is 16.1 Å². The summed E-state index contributed by atoms with van der Waals surface area (Å²) in [7, 11) is 1.42. The van der Waals surface area contributed by atoms with Crippen LogP contribution in [-0.4, -0.2) is 49.0 Å². The number of hydrogen-bond acceptors (Lipinski definition) is 5. The Kier molecular flexibility index (Phi) is 8.59. The molecule has 1 saturated heterocycles. The molecule has 0 spiro atoms. The molecule has 1 fully saturated rings. The molecule has 1 heterocycles. The van der Waals surface area contributed by atoms with Crippen LogP contribution in [0, 0.1) is 0 Å². The highest BCUT2D eigenvalue weighted by atomic mass is 32.2. The molecule has 4 nitrogen and oxygen atoms in total. The first-order valence-electron chi connectivity index (χ1n) is 10.3. The molecule has 0 saturated carbocycles. The van der Waals surface area contributed by atoms with Crippen LogP contribution in [0.4, 0.5) is 0 Å². The van der Waals surface area contributed by atoms with Crippen molar-refractivity contribution in [2.24, 2.45) is 0 Å². The van der Waals surface area contributed by atoms with Gasteiger partial charge in [0.1, 0.15) is 5.75 Å². The Hall–Kier alpha value is -0.633. The lowest BCUT2D eigenvalue weighted by atomic mass is 10.1. The summed E-state index contributed by atoms with van der Waals surface area (Å²) < 4.78 is 6.34. The number of thioether (sulfide) groups is 2. The summed E-state index contributed by atoms with van der Waals surface area (Å²) in [5.74, 6) is 3.26. The SMILES string of the molecule is CON(C)C(=O)CC1(CCc2ccc(O[Si](C)(C)C(C)(C)C)cc2)SCCCS1. The van der Waals surface area contributed by atoms with E-state index in [4.69, 9.17) is 9.26 Å². The van der Waals surface area contributed by atoms with Crippen LogP contribution in [0.2, 0.25) is 18.1 Å². The van der Waals surface area contributed by atoms with E-state index in [2.05, 4.69) is 58.1 Å². The zero-order valence-corrected chi connectivity index (χ0v) is 21.7. The number of hydroxylamine groups is 2. The van der Waals surface area contributed by atoms with Crippen molar-refractivity contribution in [3.05, 3.63) is 29.8 Å². The zero-order valence-electron chi connectivity index (χ0n) is 19.0. The predicted octanol–water partition coefficient (Wildman–Crippen LogP) is 5.98. The van der Waals surface area contributed by atoms with Crippen LogP contribution in [0.1, 0.15) is 45.6 Å². The van der Waals surface area contributed by atoms with Crippen molar-refractivity contribution in [2.45, 2.75) is 68.7 Å². The highest BCUT2D eigenvalue weighted by Crippen LogP contribution is 2.48. The number of rotatable bonds is 8. The summed E-state index contributed by atoms with van der Waals surface area (Å²) in [4.78, 5) is 17.6. The molecule has 1 aromatic rings. The summed E-state index contributed by atoms with van der Waals surface area (Å²) in [5, 5.41) is 1.54. The average molecular weight is 456 g/mol. The fourth-order valence-corrected chi connectivity index (χ4v) is 7.21. The second kappa shape index (κ2) is 10.1. The topological polar surface area (TPSA) is 38.8 Å². The van der Waals surface area contributed by atoms with Crippen LogP contribution in [0.5, 0.6) is 5.75 Å². The normalized spacial score (nSPS) is 17.1. The van der Waals surface area contributed by atoms with E-state index in [0.29, 0.717) is 6.42 Å². The summed E-state index contributed by atoms with van der Waals surface area (Å²) in [6, 6.07) is 8.57. The van der Waals surface area contributed by atoms with E-state index in [0.717, 1.165) is 30.1 Å². The van der Waals surface area contributed by atoms with Crippen LogP contribution in [0.3, 0.4) is 0 Å². The molecule has 0 N–H and O–H groups in total. The molecule has 0 bridgehead atoms. The molecule has 1 aromatic carbocycles. The third-order valence-electron chi connectivity index (χ3n) is 5.96. The Morgan fingerprint density at radius 2 is 1.76 bits per heavy atom. The van der Waals surface area contributed by atoms with E-state index in [1.165, 1.54) is 17.0 Å². The molecule has 7 heteroatoms. The molecular formula is C22H37NO3S2Si. The number of carbonyl (C=O) groups is 1. The molecule has 2 rings (SSSR count). The van der Waals surface area contributed by atoms with Crippen molar-refractivity contribution in [3.8, 4) is 5.75 Å². The third kappa shape index (κ3) is 6.94. The van der Waals surface area contributed by atoms with Gasteiger partial charge < -0.3 is 4.43 Å². The van der Waals surface area contributed by atoms with Crippen molar-refractivity contribution in [1.29, 1.82) is 0 Å². The van der Waals surface area contributed by atoms with Gasteiger partial charge >= 0.3 is 0 Å². The standard InChI is InChI=1S/C22H37NO3S2Si/c1-21(2,3)29(6,7)26-19-11-9-18(10-12-19)13-14-22(27-15-8-16-28-22)17-20(24)23(4)25-5/h9-12H,8,13-17H2,1-7H3. The summed E-state index contributed by atoms with van der Waals surface area (Å²) in [6.07, 6.45) is 3.67. The molecular weight excluding hydrogens is 418 g/mol. The van der Waals surface area contributed by atoms with Gasteiger partial charge in [0.25, 0.3) is 0 Å². The fourth-order valence-electron chi connectivity index (χ4n) is 2.90. The molecule has 164 valence electrons. The molecule has 0 aromatic heterocycles. The van der Waals surface area contributed by atoms with E-state index in [9.17, 15) is 4.79 Å². The maximum absolute atomic E-state index is 12.5. The maximum Gasteiger partial charge on any atom is 0.250 e. The molecule has 0 radical (unpaired) electrons. The Balaban J connectivity index is 2.01. The summed E-state index contributed by atoms with van der Waals surface area (Å²) in [6.45, 7) is 11.3. The van der Waals surface area contributed by atoms with Gasteiger partial charge in [-0.05, 0) is 66.6 Å². The summed E-state index contributed by atoms with van der Waals surface area (Å²) >= 11 is 3.88. The monoisotopic (exact) mass is 455 g/mol. The van der Waals surface area contributed by atoms with Gasteiger partial charge in [-0.1, -0.05) is 32.9 Å². The Morgan fingerprint density at radius 3 is 2.28 bits per heavy atom. The van der Waals surface area contributed by atoms with Crippen molar-refractivity contribution in [3.63, 3.8) is 0 Å². The smallest absolute Gasteiger partial charge is 0.250 e. The minimum atomic E-state index is -1.81. The van der Waals surface area contributed by atoms with Gasteiger partial charge in [0.2, 0.25) is 14.2 Å². The van der Waals surface area contributed by atoms with Gasteiger partial charge in [-0.25, -0.2) is 5.06 Å². The lowest BCUT2D eigenvalue weighted by Gasteiger charge is -2.37. The van der Waals surface area contributed by atoms with Crippen LogP contribution >= 0.6 is 23.5 Å². The largest absolute Gasteiger partial charge is 0.544 e. The Morgan fingerprint density at radius 1 is 1.17 bits per heavy atom. The third-order valence-corrected chi connectivity index (χ3v) is 13.8. The first kappa shape index (κ1) is 24.6. The molecule has 0 aliphatic carbocycles. The highest BCUT2D eigenvalue weighted by molar-refractivity contribution is 8.18. The number of carbonyl (C=O) groups excluding carboxylic acids is 1. The average Bonchev–Trinajstić information content (AvgIpc) is 2.66. The second-order valence-corrected chi connectivity index (χ2v) is 17.2. The number of amides is 1. The molecule has 29 heavy (non-hydrogen) atoms. The van der Waals surface area contributed by atoms with E-state index >= 15 is 0 Å². The number of benzene rings is 1. The van der Waals surface area contributed by atoms with Gasteiger partial charge in [0.15, 0.2) is 0 Å². The van der Waals surface area contributed by atoms with Crippen molar-refractivity contribution in [2.75, 3.05) is 25.7 Å². The number of aryl methyl sites for hydroxylation is 1. The molecule has 0 unspecified atom stereocenters. The van der Waals surface area contributed by atoms with E-state index < -0.39 is 8.32 Å². The van der Waals surface area contributed by atoms with Crippen LogP contribution < -0.4 is 4.43 Å². The zero-order chi connectivity index (χ0) is 21.7. The Labute approximate surface area is 186 Å². The van der Waals surface area contributed by atoms with E-state index in [1.54, 1.807) is 14.2 Å². The van der Waals surface area contributed by atoms with Gasteiger partial charge in [-0.2, -0.15) is 0 Å². The number of hydrogen-bond donors (Lipinski definition) is 0. The quantitative estimate of drug-likeness (QED) is 0.356. The van der Waals surface area contributed by atoms with Crippen LogP contribution in [0.25, 0.3) is 0 Å². The molecule has 1 aliphatic rings. The van der Waals surface area contributed by atoms with Crippen molar-refractivity contribution < 1.29 is 14.1 Å². The first-order chi connectivity index (χ1) is 13.5. The first-order valence-corrected chi connectivity index (χ1v) is 15.2. The predicted molar refractivity (Wildman–Crippen MR) is 129 cm³/mol. The summed E-state index contributed by atoms with van der Waals surface area (Å²) in [5.41, 5.74) is 1.30. The van der Waals surface area contributed by atoms with Crippen molar-refractivity contribution in [1.82, 2.24) is 5.06 Å². The lowest BCUT2D eigenvalue weighted by Crippen LogP contribution is -2.43. The van der Waals surface area contributed by atoms with E-state index in [-0.39, 0.29) is 15.0 Å². The minimum Gasteiger partial charge on any atom is -0.544 e. The molecule has 0 atom stereocenters. The second-order valence-electron chi connectivity index (χ2n) is 9.22. The van der Waals surface area contributed by atoms with Crippen LogP contribution in [0.15, 0.2) is 24.3 Å². The van der Waals surface area contributed by atoms with Gasteiger partial charge in [0, 0.05) is 7.05 Å². The van der Waals surface area contributed by atoms with Crippen molar-refractivity contribution >= 4 is 37.7 Å². The maximum atomic E-state index is 12.5. The highest BCUT2D eigenvalue weighted by Gasteiger charge is 2.39. The van der Waals surface area contributed by atoms with Gasteiger partial charge in [0.05, 0.1) is 17.6 Å². The Bertz CT molecular complexity index is 668. The molecule has 1 amide bonds. The minimum absolute atomic E-state index is 0.0486.